The molecule has 0 atom stereocenters. The molecule has 2 heterocycles. The van der Waals surface area contributed by atoms with Crippen LogP contribution in [0.1, 0.15) is 43.9 Å². The summed E-state index contributed by atoms with van der Waals surface area (Å²) in [5.74, 6) is 1.41. The number of rotatable bonds is 1. The molecule has 0 aliphatic heterocycles. The summed E-state index contributed by atoms with van der Waals surface area (Å²) >= 11 is 0. The molecule has 2 aromatic heterocycles. The molecule has 0 aromatic carbocycles. The van der Waals surface area contributed by atoms with Gasteiger partial charge in [-0.2, -0.15) is 4.98 Å². The number of fused-ring (bicyclic) bond motifs is 1. The standard InChI is InChI=1S/C12H14N2O/c1-2-5-9(6-3-1)12-14-11-10(15-12)7-4-8-13-11/h4,7-9H,1-3,5-6H2. The van der Waals surface area contributed by atoms with Crippen LogP contribution in [0.15, 0.2) is 22.7 Å². The molecule has 3 heteroatoms. The highest BCUT2D eigenvalue weighted by molar-refractivity contribution is 5.66. The molecular formula is C12H14N2O. The average molecular weight is 202 g/mol. The number of hydrogen-bond donors (Lipinski definition) is 0. The van der Waals surface area contributed by atoms with Gasteiger partial charge in [0, 0.05) is 12.1 Å². The number of oxazole rings is 1. The van der Waals surface area contributed by atoms with E-state index in [0.717, 1.165) is 17.1 Å². The highest BCUT2D eigenvalue weighted by Crippen LogP contribution is 2.33. The first kappa shape index (κ1) is 8.89. The lowest BCUT2D eigenvalue weighted by atomic mass is 9.89. The van der Waals surface area contributed by atoms with Crippen molar-refractivity contribution in [1.29, 1.82) is 0 Å². The van der Waals surface area contributed by atoms with E-state index in [1.54, 1.807) is 6.20 Å². The van der Waals surface area contributed by atoms with Crippen LogP contribution in [0.25, 0.3) is 11.2 Å². The lowest BCUT2D eigenvalue weighted by Crippen LogP contribution is -2.04. The SMILES string of the molecule is c1cnc2nc(C3CCCCC3)oc2c1. The van der Waals surface area contributed by atoms with Gasteiger partial charge >= 0.3 is 0 Å². The Morgan fingerprint density at radius 1 is 1.20 bits per heavy atom. The Kier molecular flexibility index (Phi) is 2.16. The average Bonchev–Trinajstić information content (AvgIpc) is 2.74. The Morgan fingerprint density at radius 3 is 2.87 bits per heavy atom. The topological polar surface area (TPSA) is 38.9 Å². The Balaban J connectivity index is 1.96. The molecule has 0 bridgehead atoms. The summed E-state index contributed by atoms with van der Waals surface area (Å²) in [6.45, 7) is 0. The fraction of sp³-hybridized carbons (Fsp3) is 0.500. The first-order valence-electron chi connectivity index (χ1n) is 5.65. The second kappa shape index (κ2) is 3.65. The quantitative estimate of drug-likeness (QED) is 0.712. The number of hydrogen-bond acceptors (Lipinski definition) is 3. The monoisotopic (exact) mass is 202 g/mol. The van der Waals surface area contributed by atoms with Crippen LogP contribution in [0, 0.1) is 0 Å². The lowest BCUT2D eigenvalue weighted by molar-refractivity contribution is 0.373. The van der Waals surface area contributed by atoms with Crippen LogP contribution in [0.2, 0.25) is 0 Å². The van der Waals surface area contributed by atoms with E-state index in [4.69, 9.17) is 4.42 Å². The molecule has 1 aliphatic rings. The number of nitrogens with zero attached hydrogens (tertiary/aromatic N) is 2. The van der Waals surface area contributed by atoms with E-state index in [9.17, 15) is 0 Å². The van der Waals surface area contributed by atoms with Gasteiger partial charge in [-0.05, 0) is 25.0 Å². The van der Waals surface area contributed by atoms with E-state index < -0.39 is 0 Å². The second-order valence-corrected chi connectivity index (χ2v) is 4.21. The Morgan fingerprint density at radius 2 is 2.07 bits per heavy atom. The summed E-state index contributed by atoms with van der Waals surface area (Å²) in [7, 11) is 0. The molecule has 0 spiro atoms. The van der Waals surface area contributed by atoms with Crippen molar-refractivity contribution in [2.24, 2.45) is 0 Å². The van der Waals surface area contributed by atoms with Gasteiger partial charge in [0.05, 0.1) is 0 Å². The second-order valence-electron chi connectivity index (χ2n) is 4.21. The first-order valence-corrected chi connectivity index (χ1v) is 5.65. The van der Waals surface area contributed by atoms with Crippen molar-refractivity contribution in [3.05, 3.63) is 24.2 Å². The van der Waals surface area contributed by atoms with Crippen LogP contribution < -0.4 is 0 Å². The summed E-state index contributed by atoms with van der Waals surface area (Å²) < 4.78 is 5.73. The van der Waals surface area contributed by atoms with Crippen molar-refractivity contribution >= 4 is 11.2 Å². The van der Waals surface area contributed by atoms with E-state index in [2.05, 4.69) is 9.97 Å². The molecule has 2 aromatic rings. The van der Waals surface area contributed by atoms with Crippen molar-refractivity contribution in [3.63, 3.8) is 0 Å². The Hall–Kier alpha value is -1.38. The van der Waals surface area contributed by atoms with Gasteiger partial charge in [0.25, 0.3) is 0 Å². The molecule has 1 aliphatic carbocycles. The lowest BCUT2D eigenvalue weighted by Gasteiger charge is -2.17. The van der Waals surface area contributed by atoms with Gasteiger partial charge < -0.3 is 4.42 Å². The number of aromatic nitrogens is 2. The Bertz CT molecular complexity index is 424. The highest BCUT2D eigenvalue weighted by atomic mass is 16.3. The summed E-state index contributed by atoms with van der Waals surface area (Å²) in [4.78, 5) is 8.65. The molecule has 0 N–H and O–H groups in total. The third kappa shape index (κ3) is 1.62. The molecule has 0 radical (unpaired) electrons. The van der Waals surface area contributed by atoms with Crippen LogP contribution in [-0.2, 0) is 0 Å². The fourth-order valence-corrected chi connectivity index (χ4v) is 2.31. The maximum atomic E-state index is 5.73. The third-order valence-electron chi connectivity index (χ3n) is 3.14. The predicted molar refractivity (Wildman–Crippen MR) is 57.6 cm³/mol. The molecule has 0 saturated heterocycles. The van der Waals surface area contributed by atoms with E-state index >= 15 is 0 Å². The molecule has 0 amide bonds. The van der Waals surface area contributed by atoms with Gasteiger partial charge in [0.1, 0.15) is 0 Å². The highest BCUT2D eigenvalue weighted by Gasteiger charge is 2.20. The van der Waals surface area contributed by atoms with Gasteiger partial charge in [-0.15, -0.1) is 0 Å². The normalized spacial score (nSPS) is 18.4. The third-order valence-corrected chi connectivity index (χ3v) is 3.14. The molecule has 0 unspecified atom stereocenters. The molecule has 1 saturated carbocycles. The summed E-state index contributed by atoms with van der Waals surface area (Å²) in [6.07, 6.45) is 8.15. The molecule has 1 fully saturated rings. The fourth-order valence-electron chi connectivity index (χ4n) is 2.31. The summed E-state index contributed by atoms with van der Waals surface area (Å²) in [6, 6.07) is 3.82. The van der Waals surface area contributed by atoms with Crippen molar-refractivity contribution in [3.8, 4) is 0 Å². The predicted octanol–water partition coefficient (Wildman–Crippen LogP) is 3.27. The van der Waals surface area contributed by atoms with Crippen LogP contribution in [0.5, 0.6) is 0 Å². The molecule has 15 heavy (non-hydrogen) atoms. The zero-order valence-corrected chi connectivity index (χ0v) is 8.65. The van der Waals surface area contributed by atoms with Crippen LogP contribution in [0.4, 0.5) is 0 Å². The first-order chi connectivity index (χ1) is 7.43. The molecule has 3 rings (SSSR count). The van der Waals surface area contributed by atoms with Crippen LogP contribution in [0.3, 0.4) is 0 Å². The van der Waals surface area contributed by atoms with Gasteiger partial charge in [-0.1, -0.05) is 19.3 Å². The van der Waals surface area contributed by atoms with Gasteiger partial charge in [0.15, 0.2) is 17.1 Å². The summed E-state index contributed by atoms with van der Waals surface area (Å²) in [5.41, 5.74) is 1.57. The van der Waals surface area contributed by atoms with Crippen LogP contribution in [-0.4, -0.2) is 9.97 Å². The maximum Gasteiger partial charge on any atom is 0.200 e. The van der Waals surface area contributed by atoms with E-state index in [-0.39, 0.29) is 0 Å². The smallest absolute Gasteiger partial charge is 0.200 e. The Labute approximate surface area is 88.5 Å². The zero-order valence-electron chi connectivity index (χ0n) is 8.65. The molecule has 78 valence electrons. The number of pyridine rings is 1. The minimum Gasteiger partial charge on any atom is -0.439 e. The van der Waals surface area contributed by atoms with Gasteiger partial charge in [-0.3, -0.25) is 0 Å². The van der Waals surface area contributed by atoms with E-state index in [0.29, 0.717) is 5.92 Å². The van der Waals surface area contributed by atoms with Crippen molar-refractivity contribution < 1.29 is 4.42 Å². The summed E-state index contributed by atoms with van der Waals surface area (Å²) in [5, 5.41) is 0. The van der Waals surface area contributed by atoms with Crippen LogP contribution >= 0.6 is 0 Å². The van der Waals surface area contributed by atoms with E-state index in [1.165, 1.54) is 32.1 Å². The minimum atomic E-state index is 0.521. The van der Waals surface area contributed by atoms with Crippen molar-refractivity contribution in [1.82, 2.24) is 9.97 Å². The van der Waals surface area contributed by atoms with Crippen molar-refractivity contribution in [2.45, 2.75) is 38.0 Å². The molecular weight excluding hydrogens is 188 g/mol. The van der Waals surface area contributed by atoms with Gasteiger partial charge in [0.2, 0.25) is 0 Å². The minimum absolute atomic E-state index is 0.521. The van der Waals surface area contributed by atoms with Gasteiger partial charge in [-0.25, -0.2) is 4.98 Å². The maximum absolute atomic E-state index is 5.73. The molecule has 3 nitrogen and oxygen atoms in total. The zero-order chi connectivity index (χ0) is 10.1. The van der Waals surface area contributed by atoms with Crippen molar-refractivity contribution in [2.75, 3.05) is 0 Å². The van der Waals surface area contributed by atoms with E-state index in [1.807, 2.05) is 12.1 Å². The largest absolute Gasteiger partial charge is 0.439 e.